The molecule has 30 heavy (non-hydrogen) atoms. The van der Waals surface area contributed by atoms with Gasteiger partial charge in [-0.2, -0.15) is 18.3 Å². The summed E-state index contributed by atoms with van der Waals surface area (Å²) in [6.07, 6.45) is -4.37. The average Bonchev–Trinajstić information content (AvgIpc) is 2.92. The van der Waals surface area contributed by atoms with E-state index in [1.807, 2.05) is 45.9 Å². The van der Waals surface area contributed by atoms with Gasteiger partial charge in [-0.15, -0.1) is 0 Å². The molecule has 0 saturated carbocycles. The molecule has 4 nitrogen and oxygen atoms in total. The standard InChI is InChI=1S/C22H23F3N4S/c1-13-7-5-10-19(14(13)2)26-21(30)27-20-15(3)28-29(16(20)4)12-17-8-6-9-18(11-17)22(23,24)25/h5-11H,12H2,1-4H3,(H2,26,27,30). The largest absolute Gasteiger partial charge is 0.416 e. The second-order valence-electron chi connectivity index (χ2n) is 7.23. The molecule has 1 heterocycles. The highest BCUT2D eigenvalue weighted by molar-refractivity contribution is 7.80. The molecule has 0 radical (unpaired) electrons. The molecule has 3 rings (SSSR count). The molecule has 0 fully saturated rings. The SMILES string of the molecule is Cc1cccc(NC(=S)Nc2c(C)nn(Cc3cccc(C(F)(F)F)c3)c2C)c1C. The maximum absolute atomic E-state index is 13.0. The van der Waals surface area contributed by atoms with Crippen molar-refractivity contribution in [1.29, 1.82) is 0 Å². The van der Waals surface area contributed by atoms with Crippen molar-refractivity contribution < 1.29 is 13.2 Å². The van der Waals surface area contributed by atoms with Gasteiger partial charge in [0.1, 0.15) is 0 Å². The molecular formula is C22H23F3N4S. The first-order valence-corrected chi connectivity index (χ1v) is 9.81. The summed E-state index contributed by atoms with van der Waals surface area (Å²) >= 11 is 5.45. The minimum absolute atomic E-state index is 0.232. The van der Waals surface area contributed by atoms with Gasteiger partial charge in [0.05, 0.1) is 29.2 Å². The first-order valence-electron chi connectivity index (χ1n) is 9.40. The summed E-state index contributed by atoms with van der Waals surface area (Å²) in [4.78, 5) is 0. The number of rotatable bonds is 4. The third kappa shape index (κ3) is 4.81. The van der Waals surface area contributed by atoms with Gasteiger partial charge in [0.25, 0.3) is 0 Å². The zero-order valence-electron chi connectivity index (χ0n) is 17.2. The first-order chi connectivity index (χ1) is 14.1. The normalized spacial score (nSPS) is 11.4. The van der Waals surface area contributed by atoms with Crippen molar-refractivity contribution in [2.24, 2.45) is 0 Å². The van der Waals surface area contributed by atoms with E-state index in [0.717, 1.165) is 40.3 Å². The van der Waals surface area contributed by atoms with Crippen LogP contribution in [-0.4, -0.2) is 14.9 Å². The number of alkyl halides is 3. The van der Waals surface area contributed by atoms with Gasteiger partial charge < -0.3 is 10.6 Å². The van der Waals surface area contributed by atoms with Crippen LogP contribution in [0.4, 0.5) is 24.5 Å². The molecule has 158 valence electrons. The van der Waals surface area contributed by atoms with Crippen molar-refractivity contribution in [3.63, 3.8) is 0 Å². The predicted octanol–water partition coefficient (Wildman–Crippen LogP) is 5.99. The van der Waals surface area contributed by atoms with Crippen molar-refractivity contribution in [3.8, 4) is 0 Å². The fourth-order valence-electron chi connectivity index (χ4n) is 3.20. The number of anilines is 2. The number of aromatic nitrogens is 2. The minimum Gasteiger partial charge on any atom is -0.332 e. The monoisotopic (exact) mass is 432 g/mol. The number of thiocarbonyl (C=S) groups is 1. The van der Waals surface area contributed by atoms with Gasteiger partial charge in [-0.1, -0.05) is 24.3 Å². The Morgan fingerprint density at radius 2 is 1.73 bits per heavy atom. The van der Waals surface area contributed by atoms with E-state index >= 15 is 0 Å². The quantitative estimate of drug-likeness (QED) is 0.497. The van der Waals surface area contributed by atoms with Crippen LogP contribution in [0.5, 0.6) is 0 Å². The van der Waals surface area contributed by atoms with Gasteiger partial charge in [-0.05, 0) is 74.8 Å². The molecule has 3 aromatic rings. The number of nitrogens with one attached hydrogen (secondary N) is 2. The molecule has 0 aliphatic carbocycles. The highest BCUT2D eigenvalue weighted by Gasteiger charge is 2.30. The van der Waals surface area contributed by atoms with Crippen molar-refractivity contribution in [2.45, 2.75) is 40.4 Å². The van der Waals surface area contributed by atoms with Gasteiger partial charge >= 0.3 is 6.18 Å². The van der Waals surface area contributed by atoms with Crippen LogP contribution in [0.3, 0.4) is 0 Å². The van der Waals surface area contributed by atoms with Crippen molar-refractivity contribution >= 4 is 28.7 Å². The third-order valence-electron chi connectivity index (χ3n) is 5.06. The Balaban J connectivity index is 1.77. The molecule has 2 N–H and O–H groups in total. The molecule has 0 saturated heterocycles. The molecule has 0 spiro atoms. The molecule has 0 amide bonds. The van der Waals surface area contributed by atoms with Gasteiger partial charge in [0.15, 0.2) is 5.11 Å². The molecule has 0 aliphatic rings. The van der Waals surface area contributed by atoms with Crippen LogP contribution < -0.4 is 10.6 Å². The Labute approximate surface area is 179 Å². The minimum atomic E-state index is -4.37. The number of nitrogens with zero attached hydrogens (tertiary/aromatic N) is 2. The van der Waals surface area contributed by atoms with E-state index in [1.54, 1.807) is 10.7 Å². The van der Waals surface area contributed by atoms with Crippen molar-refractivity contribution in [1.82, 2.24) is 9.78 Å². The zero-order valence-corrected chi connectivity index (χ0v) is 18.0. The predicted molar refractivity (Wildman–Crippen MR) is 118 cm³/mol. The number of halogens is 3. The maximum Gasteiger partial charge on any atom is 0.416 e. The lowest BCUT2D eigenvalue weighted by atomic mass is 10.1. The number of hydrogen-bond acceptors (Lipinski definition) is 2. The van der Waals surface area contributed by atoms with E-state index < -0.39 is 11.7 Å². The average molecular weight is 433 g/mol. The van der Waals surface area contributed by atoms with Gasteiger partial charge in [0.2, 0.25) is 0 Å². The van der Waals surface area contributed by atoms with Crippen LogP contribution in [0.1, 0.15) is 33.6 Å². The van der Waals surface area contributed by atoms with Crippen molar-refractivity contribution in [3.05, 3.63) is 76.1 Å². The molecule has 8 heteroatoms. The van der Waals surface area contributed by atoms with E-state index in [0.29, 0.717) is 16.4 Å². The molecule has 0 unspecified atom stereocenters. The lowest BCUT2D eigenvalue weighted by molar-refractivity contribution is -0.137. The third-order valence-corrected chi connectivity index (χ3v) is 5.26. The summed E-state index contributed by atoms with van der Waals surface area (Å²) in [5, 5.41) is 11.3. The Bertz CT molecular complexity index is 1090. The topological polar surface area (TPSA) is 41.9 Å². The molecule has 1 aromatic heterocycles. The van der Waals surface area contributed by atoms with Crippen LogP contribution in [-0.2, 0) is 12.7 Å². The lowest BCUT2D eigenvalue weighted by Gasteiger charge is -2.14. The zero-order chi connectivity index (χ0) is 22.1. The first kappa shape index (κ1) is 21.8. The Kier molecular flexibility index (Phi) is 6.17. The van der Waals surface area contributed by atoms with Gasteiger partial charge in [-0.25, -0.2) is 0 Å². The molecule has 0 bridgehead atoms. The van der Waals surface area contributed by atoms with Crippen LogP contribution in [0.15, 0.2) is 42.5 Å². The highest BCUT2D eigenvalue weighted by Crippen LogP contribution is 2.30. The molecule has 2 aromatic carbocycles. The molecule has 0 aliphatic heterocycles. The Hall–Kier alpha value is -2.87. The van der Waals surface area contributed by atoms with E-state index in [4.69, 9.17) is 12.2 Å². The summed E-state index contributed by atoms with van der Waals surface area (Å²) in [6.45, 7) is 7.97. The van der Waals surface area contributed by atoms with Crippen molar-refractivity contribution in [2.75, 3.05) is 10.6 Å². The molecular weight excluding hydrogens is 409 g/mol. The van der Waals surface area contributed by atoms with Crippen LogP contribution in [0.25, 0.3) is 0 Å². The van der Waals surface area contributed by atoms with Crippen LogP contribution in [0, 0.1) is 27.7 Å². The van der Waals surface area contributed by atoms with E-state index in [2.05, 4.69) is 15.7 Å². The van der Waals surface area contributed by atoms with Gasteiger partial charge in [-0.3, -0.25) is 4.68 Å². The van der Waals surface area contributed by atoms with Crippen LogP contribution in [0.2, 0.25) is 0 Å². The summed E-state index contributed by atoms with van der Waals surface area (Å²) in [7, 11) is 0. The second kappa shape index (κ2) is 8.47. The fourth-order valence-corrected chi connectivity index (χ4v) is 3.42. The number of benzene rings is 2. The highest BCUT2D eigenvalue weighted by atomic mass is 32.1. The number of aryl methyl sites for hydroxylation is 2. The van der Waals surface area contributed by atoms with Gasteiger partial charge in [0, 0.05) is 5.69 Å². The lowest BCUT2D eigenvalue weighted by Crippen LogP contribution is -2.20. The van der Waals surface area contributed by atoms with Crippen LogP contribution >= 0.6 is 12.2 Å². The van der Waals surface area contributed by atoms with E-state index in [9.17, 15) is 13.2 Å². The van der Waals surface area contributed by atoms with E-state index in [-0.39, 0.29) is 6.54 Å². The Morgan fingerprint density at radius 1 is 1.03 bits per heavy atom. The summed E-state index contributed by atoms with van der Waals surface area (Å²) < 4.78 is 40.6. The summed E-state index contributed by atoms with van der Waals surface area (Å²) in [5.74, 6) is 0. The maximum atomic E-state index is 13.0. The number of hydrogen-bond donors (Lipinski definition) is 2. The smallest absolute Gasteiger partial charge is 0.332 e. The van der Waals surface area contributed by atoms with E-state index in [1.165, 1.54) is 6.07 Å². The molecule has 0 atom stereocenters. The summed E-state index contributed by atoms with van der Waals surface area (Å²) in [6, 6.07) is 11.2. The Morgan fingerprint density at radius 3 is 2.43 bits per heavy atom. The second-order valence-corrected chi connectivity index (χ2v) is 7.64. The fraction of sp³-hybridized carbons (Fsp3) is 0.273. The summed E-state index contributed by atoms with van der Waals surface area (Å²) in [5.41, 5.74) is 5.28.